The summed E-state index contributed by atoms with van der Waals surface area (Å²) in [6, 6.07) is 15.6. The van der Waals surface area contributed by atoms with Gasteiger partial charge >= 0.3 is 0 Å². The second-order valence-electron chi connectivity index (χ2n) is 4.28. The fourth-order valence-corrected chi connectivity index (χ4v) is 1.78. The average Bonchev–Trinajstić information content (AvgIpc) is 2.47. The first-order chi connectivity index (χ1) is 9.78. The summed E-state index contributed by atoms with van der Waals surface area (Å²) in [7, 11) is 0. The molecule has 0 saturated heterocycles. The van der Waals surface area contributed by atoms with E-state index in [2.05, 4.69) is 28.9 Å². The van der Waals surface area contributed by atoms with Crippen molar-refractivity contribution in [3.63, 3.8) is 0 Å². The Balaban J connectivity index is 1.95. The normalized spacial score (nSPS) is 11.2. The molecule has 0 spiro atoms. The van der Waals surface area contributed by atoms with E-state index in [1.807, 2.05) is 42.5 Å². The molecule has 0 bridgehead atoms. The van der Waals surface area contributed by atoms with Gasteiger partial charge in [-0.25, -0.2) is 0 Å². The van der Waals surface area contributed by atoms with E-state index >= 15 is 0 Å². The molecule has 0 atom stereocenters. The van der Waals surface area contributed by atoms with Crippen LogP contribution in [0, 0.1) is 0 Å². The van der Waals surface area contributed by atoms with Gasteiger partial charge in [-0.3, -0.25) is 0 Å². The van der Waals surface area contributed by atoms with Gasteiger partial charge in [0.15, 0.2) is 0 Å². The molecule has 0 fully saturated rings. The lowest BCUT2D eigenvalue weighted by Gasteiger charge is -1.96. The van der Waals surface area contributed by atoms with E-state index in [1.165, 1.54) is 5.56 Å². The molecule has 100 valence electrons. The van der Waals surface area contributed by atoms with Crippen LogP contribution in [0.15, 0.2) is 71.4 Å². The highest BCUT2D eigenvalue weighted by Gasteiger charge is 1.90. The van der Waals surface area contributed by atoms with Crippen LogP contribution in [0.2, 0.25) is 5.02 Å². The second-order valence-corrected chi connectivity index (χ2v) is 4.71. The van der Waals surface area contributed by atoms with Gasteiger partial charge in [-0.1, -0.05) is 54.1 Å². The minimum atomic E-state index is 0.713. The van der Waals surface area contributed by atoms with Crippen molar-refractivity contribution in [2.45, 2.75) is 6.42 Å². The first-order valence-electron chi connectivity index (χ1n) is 6.30. The van der Waals surface area contributed by atoms with Crippen LogP contribution in [0.25, 0.3) is 0 Å². The minimum absolute atomic E-state index is 0.713. The standard InChI is InChI=1S/C17H15ClN2/c1-2-3-14-4-6-15(7-5-14)12-19-20-13-16-8-10-17(18)11-9-16/h2,4-13H,1,3H2. The topological polar surface area (TPSA) is 24.7 Å². The van der Waals surface area contributed by atoms with Crippen molar-refractivity contribution >= 4 is 24.0 Å². The Kier molecular flexibility index (Phi) is 5.27. The lowest BCUT2D eigenvalue weighted by Crippen LogP contribution is -1.84. The van der Waals surface area contributed by atoms with E-state index in [0.717, 1.165) is 17.5 Å². The van der Waals surface area contributed by atoms with Crippen molar-refractivity contribution in [3.8, 4) is 0 Å². The third-order valence-electron chi connectivity index (χ3n) is 2.71. The zero-order valence-electron chi connectivity index (χ0n) is 11.0. The molecule has 2 aromatic carbocycles. The summed E-state index contributed by atoms with van der Waals surface area (Å²) in [5.74, 6) is 0. The van der Waals surface area contributed by atoms with Crippen LogP contribution in [0.5, 0.6) is 0 Å². The Morgan fingerprint density at radius 1 is 0.850 bits per heavy atom. The maximum absolute atomic E-state index is 5.81. The molecule has 0 aliphatic heterocycles. The smallest absolute Gasteiger partial charge is 0.0568 e. The highest BCUT2D eigenvalue weighted by Crippen LogP contribution is 2.08. The Labute approximate surface area is 124 Å². The highest BCUT2D eigenvalue weighted by molar-refractivity contribution is 6.30. The molecule has 0 aliphatic rings. The number of hydrogen-bond donors (Lipinski definition) is 0. The Morgan fingerprint density at radius 3 is 1.85 bits per heavy atom. The fraction of sp³-hybridized carbons (Fsp3) is 0.0588. The van der Waals surface area contributed by atoms with Crippen molar-refractivity contribution in [1.82, 2.24) is 0 Å². The minimum Gasteiger partial charge on any atom is -0.159 e. The van der Waals surface area contributed by atoms with Gasteiger partial charge in [-0.05, 0) is 35.2 Å². The molecular weight excluding hydrogens is 268 g/mol. The summed E-state index contributed by atoms with van der Waals surface area (Å²) in [6.07, 6.45) is 6.19. The van der Waals surface area contributed by atoms with Crippen molar-refractivity contribution in [1.29, 1.82) is 0 Å². The van der Waals surface area contributed by atoms with E-state index in [9.17, 15) is 0 Å². The van der Waals surface area contributed by atoms with Gasteiger partial charge < -0.3 is 0 Å². The predicted molar refractivity (Wildman–Crippen MR) is 87.0 cm³/mol. The zero-order valence-corrected chi connectivity index (χ0v) is 11.8. The molecule has 0 heterocycles. The van der Waals surface area contributed by atoms with Gasteiger partial charge in [0, 0.05) is 5.02 Å². The van der Waals surface area contributed by atoms with Crippen LogP contribution >= 0.6 is 11.6 Å². The molecule has 2 nitrogen and oxygen atoms in total. The van der Waals surface area contributed by atoms with Crippen LogP contribution < -0.4 is 0 Å². The van der Waals surface area contributed by atoms with Gasteiger partial charge in [-0.15, -0.1) is 6.58 Å². The maximum Gasteiger partial charge on any atom is 0.0568 e. The molecule has 0 N–H and O–H groups in total. The van der Waals surface area contributed by atoms with E-state index in [1.54, 1.807) is 12.4 Å². The van der Waals surface area contributed by atoms with Crippen molar-refractivity contribution in [2.24, 2.45) is 10.2 Å². The number of rotatable bonds is 5. The molecule has 0 aromatic heterocycles. The molecule has 0 amide bonds. The summed E-state index contributed by atoms with van der Waals surface area (Å²) < 4.78 is 0. The van der Waals surface area contributed by atoms with Crippen LogP contribution in [0.3, 0.4) is 0 Å². The average molecular weight is 283 g/mol. The van der Waals surface area contributed by atoms with Gasteiger partial charge in [-0.2, -0.15) is 10.2 Å². The monoisotopic (exact) mass is 282 g/mol. The first-order valence-corrected chi connectivity index (χ1v) is 6.67. The molecule has 0 saturated carbocycles. The number of allylic oxidation sites excluding steroid dienone is 1. The summed E-state index contributed by atoms with van der Waals surface area (Å²) in [5.41, 5.74) is 3.22. The predicted octanol–water partition coefficient (Wildman–Crippen LogP) is 4.52. The lowest BCUT2D eigenvalue weighted by atomic mass is 10.1. The first kappa shape index (κ1) is 14.2. The molecule has 2 rings (SSSR count). The van der Waals surface area contributed by atoms with Gasteiger partial charge in [0.05, 0.1) is 12.4 Å². The van der Waals surface area contributed by atoms with E-state index in [4.69, 9.17) is 11.6 Å². The zero-order chi connectivity index (χ0) is 14.2. The van der Waals surface area contributed by atoms with Crippen molar-refractivity contribution < 1.29 is 0 Å². The molecular formula is C17H15ClN2. The van der Waals surface area contributed by atoms with Gasteiger partial charge in [0.25, 0.3) is 0 Å². The molecule has 0 radical (unpaired) electrons. The van der Waals surface area contributed by atoms with Gasteiger partial charge in [0.2, 0.25) is 0 Å². The van der Waals surface area contributed by atoms with Gasteiger partial charge in [0.1, 0.15) is 0 Å². The molecule has 3 heteroatoms. The van der Waals surface area contributed by atoms with E-state index in [0.29, 0.717) is 5.02 Å². The number of hydrogen-bond acceptors (Lipinski definition) is 2. The Hall–Kier alpha value is -2.19. The highest BCUT2D eigenvalue weighted by atomic mass is 35.5. The third-order valence-corrected chi connectivity index (χ3v) is 2.96. The lowest BCUT2D eigenvalue weighted by molar-refractivity contribution is 1.25. The SMILES string of the molecule is C=CCc1ccc(C=NN=Cc2ccc(Cl)cc2)cc1. The third kappa shape index (κ3) is 4.48. The number of benzene rings is 2. The number of nitrogens with zero attached hydrogens (tertiary/aromatic N) is 2. The Morgan fingerprint density at radius 2 is 1.35 bits per heavy atom. The van der Waals surface area contributed by atoms with Crippen molar-refractivity contribution in [2.75, 3.05) is 0 Å². The molecule has 2 aromatic rings. The molecule has 0 unspecified atom stereocenters. The summed E-state index contributed by atoms with van der Waals surface area (Å²) >= 11 is 5.81. The Bertz CT molecular complexity index is 610. The molecule has 20 heavy (non-hydrogen) atoms. The van der Waals surface area contributed by atoms with Crippen LogP contribution in [0.4, 0.5) is 0 Å². The van der Waals surface area contributed by atoms with E-state index < -0.39 is 0 Å². The number of halogens is 1. The van der Waals surface area contributed by atoms with Crippen LogP contribution in [-0.4, -0.2) is 12.4 Å². The quantitative estimate of drug-likeness (QED) is 0.437. The van der Waals surface area contributed by atoms with Crippen LogP contribution in [-0.2, 0) is 6.42 Å². The second kappa shape index (κ2) is 7.41. The van der Waals surface area contributed by atoms with Crippen molar-refractivity contribution in [3.05, 3.63) is 82.9 Å². The van der Waals surface area contributed by atoms with Crippen LogP contribution in [0.1, 0.15) is 16.7 Å². The fourth-order valence-electron chi connectivity index (χ4n) is 1.66. The van der Waals surface area contributed by atoms with E-state index in [-0.39, 0.29) is 0 Å². The summed E-state index contributed by atoms with van der Waals surface area (Å²) in [4.78, 5) is 0. The largest absolute Gasteiger partial charge is 0.159 e. The molecule has 0 aliphatic carbocycles. The maximum atomic E-state index is 5.81. The summed E-state index contributed by atoms with van der Waals surface area (Å²) in [6.45, 7) is 3.72. The summed E-state index contributed by atoms with van der Waals surface area (Å²) in [5, 5.41) is 8.75.